The lowest BCUT2D eigenvalue weighted by Crippen LogP contribution is -2.15. The van der Waals surface area contributed by atoms with Gasteiger partial charge in [0.05, 0.1) is 10.6 Å². The Labute approximate surface area is 112 Å². The quantitative estimate of drug-likeness (QED) is 0.777. The Morgan fingerprint density at radius 2 is 1.65 bits per heavy atom. The molecule has 0 aromatic heterocycles. The van der Waals surface area contributed by atoms with Crippen LogP contribution in [0.15, 0.2) is 29.2 Å². The molecular weight excluding hydrogens is 300 g/mol. The van der Waals surface area contributed by atoms with Gasteiger partial charge in [-0.15, -0.1) is 0 Å². The van der Waals surface area contributed by atoms with E-state index in [9.17, 15) is 8.42 Å². The molecule has 0 amide bonds. The zero-order valence-corrected chi connectivity index (χ0v) is 12.9. The van der Waals surface area contributed by atoms with Crippen LogP contribution in [0.4, 0.5) is 0 Å². The summed E-state index contributed by atoms with van der Waals surface area (Å²) in [6.45, 7) is 6.11. The SMILES string of the molecule is CC(CBr)CS(=O)(=O)c1ccc(C(C)C)cc1. The second kappa shape index (κ2) is 6.01. The molecule has 17 heavy (non-hydrogen) atoms. The molecule has 0 aliphatic rings. The number of benzene rings is 1. The predicted octanol–water partition coefficient (Wildman–Crippen LogP) is 3.61. The van der Waals surface area contributed by atoms with E-state index >= 15 is 0 Å². The first-order chi connectivity index (χ1) is 7.86. The monoisotopic (exact) mass is 318 g/mol. The molecule has 0 N–H and O–H groups in total. The van der Waals surface area contributed by atoms with Gasteiger partial charge in [0.2, 0.25) is 0 Å². The first-order valence-corrected chi connectivity index (χ1v) is 8.53. The van der Waals surface area contributed by atoms with Crippen molar-refractivity contribution < 1.29 is 8.42 Å². The van der Waals surface area contributed by atoms with Crippen LogP contribution in [0.25, 0.3) is 0 Å². The molecule has 1 unspecified atom stereocenters. The van der Waals surface area contributed by atoms with E-state index in [1.165, 1.54) is 0 Å². The first kappa shape index (κ1) is 14.7. The van der Waals surface area contributed by atoms with Crippen molar-refractivity contribution in [1.82, 2.24) is 0 Å². The summed E-state index contributed by atoms with van der Waals surface area (Å²) in [7, 11) is -3.14. The molecule has 1 rings (SSSR count). The molecule has 1 atom stereocenters. The van der Waals surface area contributed by atoms with Crippen LogP contribution in [0.5, 0.6) is 0 Å². The van der Waals surface area contributed by atoms with Crippen molar-refractivity contribution in [2.24, 2.45) is 5.92 Å². The molecule has 4 heteroatoms. The van der Waals surface area contributed by atoms with Crippen molar-refractivity contribution in [3.63, 3.8) is 0 Å². The van der Waals surface area contributed by atoms with Gasteiger partial charge in [-0.05, 0) is 29.5 Å². The average Bonchev–Trinajstić information content (AvgIpc) is 2.28. The van der Waals surface area contributed by atoms with Crippen molar-refractivity contribution in [1.29, 1.82) is 0 Å². The van der Waals surface area contributed by atoms with Gasteiger partial charge >= 0.3 is 0 Å². The summed E-state index contributed by atoms with van der Waals surface area (Å²) in [5.74, 6) is 0.747. The summed E-state index contributed by atoms with van der Waals surface area (Å²) in [5, 5.41) is 0.705. The van der Waals surface area contributed by atoms with Crippen LogP contribution >= 0.6 is 15.9 Å². The van der Waals surface area contributed by atoms with Crippen LogP contribution in [0.1, 0.15) is 32.3 Å². The highest BCUT2D eigenvalue weighted by atomic mass is 79.9. The van der Waals surface area contributed by atoms with Crippen LogP contribution in [0.2, 0.25) is 0 Å². The van der Waals surface area contributed by atoms with Gasteiger partial charge in [-0.1, -0.05) is 48.8 Å². The maximum absolute atomic E-state index is 12.1. The van der Waals surface area contributed by atoms with Gasteiger partial charge in [-0.2, -0.15) is 0 Å². The zero-order valence-electron chi connectivity index (χ0n) is 10.5. The van der Waals surface area contributed by atoms with E-state index in [1.54, 1.807) is 12.1 Å². The summed E-state index contributed by atoms with van der Waals surface area (Å²) in [6, 6.07) is 7.23. The fourth-order valence-electron chi connectivity index (χ4n) is 1.58. The number of alkyl halides is 1. The molecule has 0 aliphatic carbocycles. The maximum Gasteiger partial charge on any atom is 0.178 e. The molecule has 0 saturated heterocycles. The minimum absolute atomic E-state index is 0.129. The number of sulfone groups is 1. The highest BCUT2D eigenvalue weighted by Gasteiger charge is 2.17. The van der Waals surface area contributed by atoms with Crippen molar-refractivity contribution in [3.05, 3.63) is 29.8 Å². The number of halogens is 1. The summed E-state index contributed by atoms with van der Waals surface area (Å²) in [6.07, 6.45) is 0. The third-order valence-corrected chi connectivity index (χ3v) is 5.78. The van der Waals surface area contributed by atoms with Crippen molar-refractivity contribution >= 4 is 25.8 Å². The second-order valence-corrected chi connectivity index (χ2v) is 7.45. The molecule has 0 heterocycles. The summed E-state index contributed by atoms with van der Waals surface area (Å²) >= 11 is 3.31. The lowest BCUT2D eigenvalue weighted by Gasteiger charge is -2.10. The molecule has 2 nitrogen and oxygen atoms in total. The Balaban J connectivity index is 2.92. The molecule has 1 aromatic carbocycles. The van der Waals surface area contributed by atoms with Crippen molar-refractivity contribution in [3.8, 4) is 0 Å². The minimum atomic E-state index is -3.14. The van der Waals surface area contributed by atoms with Crippen LogP contribution in [0.3, 0.4) is 0 Å². The lowest BCUT2D eigenvalue weighted by atomic mass is 10.0. The highest BCUT2D eigenvalue weighted by Crippen LogP contribution is 2.19. The molecule has 0 aliphatic heterocycles. The maximum atomic E-state index is 12.1. The molecule has 0 spiro atoms. The van der Waals surface area contributed by atoms with Crippen molar-refractivity contribution in [2.75, 3.05) is 11.1 Å². The van der Waals surface area contributed by atoms with Crippen LogP contribution in [-0.4, -0.2) is 19.5 Å². The molecule has 0 fully saturated rings. The smallest absolute Gasteiger partial charge is 0.178 e. The fourth-order valence-corrected chi connectivity index (χ4v) is 3.72. The van der Waals surface area contributed by atoms with Gasteiger partial charge in [-0.25, -0.2) is 8.42 Å². The number of hydrogen-bond acceptors (Lipinski definition) is 2. The molecule has 0 saturated carbocycles. The molecular formula is C13H19BrO2S. The second-order valence-electron chi connectivity index (χ2n) is 4.76. The number of rotatable bonds is 5. The summed E-state index contributed by atoms with van der Waals surface area (Å²) < 4.78 is 24.1. The van der Waals surface area contributed by atoms with Crippen LogP contribution in [0, 0.1) is 5.92 Å². The minimum Gasteiger partial charge on any atom is -0.224 e. The van der Waals surface area contributed by atoms with Gasteiger partial charge in [0.1, 0.15) is 0 Å². The highest BCUT2D eigenvalue weighted by molar-refractivity contribution is 9.09. The van der Waals surface area contributed by atoms with Gasteiger partial charge in [0.15, 0.2) is 9.84 Å². The standard InChI is InChI=1S/C13H19BrO2S/c1-10(2)12-4-6-13(7-5-12)17(15,16)9-11(3)8-14/h4-7,10-11H,8-9H2,1-3H3. The summed E-state index contributed by atoms with van der Waals surface area (Å²) in [5.41, 5.74) is 1.16. The number of hydrogen-bond donors (Lipinski definition) is 0. The normalized spacial score (nSPS) is 13.9. The molecule has 0 radical (unpaired) electrons. The van der Waals surface area contributed by atoms with E-state index in [0.29, 0.717) is 16.1 Å². The van der Waals surface area contributed by atoms with E-state index in [-0.39, 0.29) is 11.7 Å². The Morgan fingerprint density at radius 3 is 2.06 bits per heavy atom. The largest absolute Gasteiger partial charge is 0.224 e. The van der Waals surface area contributed by atoms with Gasteiger partial charge in [0.25, 0.3) is 0 Å². The van der Waals surface area contributed by atoms with Crippen LogP contribution < -0.4 is 0 Å². The van der Waals surface area contributed by atoms with Gasteiger partial charge < -0.3 is 0 Å². The fraction of sp³-hybridized carbons (Fsp3) is 0.538. The molecule has 96 valence electrons. The van der Waals surface area contributed by atoms with Gasteiger partial charge in [-0.3, -0.25) is 0 Å². The van der Waals surface area contributed by atoms with E-state index in [4.69, 9.17) is 0 Å². The molecule has 0 bridgehead atoms. The van der Waals surface area contributed by atoms with E-state index < -0.39 is 9.84 Å². The topological polar surface area (TPSA) is 34.1 Å². The Hall–Kier alpha value is -0.350. The molecule has 1 aromatic rings. The van der Waals surface area contributed by atoms with E-state index in [0.717, 1.165) is 5.56 Å². The Morgan fingerprint density at radius 1 is 1.12 bits per heavy atom. The zero-order chi connectivity index (χ0) is 13.1. The summed E-state index contributed by atoms with van der Waals surface area (Å²) in [4.78, 5) is 0.426. The van der Waals surface area contributed by atoms with Gasteiger partial charge in [0, 0.05) is 5.33 Å². The average molecular weight is 319 g/mol. The third-order valence-electron chi connectivity index (χ3n) is 2.67. The van der Waals surface area contributed by atoms with E-state index in [1.807, 2.05) is 19.1 Å². The predicted molar refractivity (Wildman–Crippen MR) is 75.5 cm³/mol. The first-order valence-electron chi connectivity index (χ1n) is 5.75. The van der Waals surface area contributed by atoms with Crippen LogP contribution in [-0.2, 0) is 9.84 Å². The Bertz CT molecular complexity index is 449. The van der Waals surface area contributed by atoms with E-state index in [2.05, 4.69) is 29.8 Å². The Kier molecular flexibility index (Phi) is 5.20. The van der Waals surface area contributed by atoms with Crippen molar-refractivity contribution in [2.45, 2.75) is 31.6 Å². The lowest BCUT2D eigenvalue weighted by molar-refractivity contribution is 0.584. The third kappa shape index (κ3) is 4.11.